The van der Waals surface area contributed by atoms with E-state index in [1.54, 1.807) is 6.07 Å². The third kappa shape index (κ3) is 2.53. The van der Waals surface area contributed by atoms with Crippen LogP contribution in [0.2, 0.25) is 0 Å². The second kappa shape index (κ2) is 4.83. The van der Waals surface area contributed by atoms with E-state index in [-0.39, 0.29) is 11.7 Å². The molecule has 0 aliphatic carbocycles. The van der Waals surface area contributed by atoms with Gasteiger partial charge >= 0.3 is 6.18 Å². The Bertz CT molecular complexity index is 650. The Kier molecular flexibility index (Phi) is 3.23. The molecule has 1 fully saturated rings. The number of anilines is 1. The molecule has 0 saturated carbocycles. The Morgan fingerprint density at radius 3 is 2.71 bits per heavy atom. The molecule has 2 unspecified atom stereocenters. The van der Waals surface area contributed by atoms with Crippen molar-refractivity contribution in [2.75, 3.05) is 18.0 Å². The summed E-state index contributed by atoms with van der Waals surface area (Å²) < 4.78 is 39.2. The van der Waals surface area contributed by atoms with E-state index in [1.807, 2.05) is 11.8 Å². The van der Waals surface area contributed by atoms with Crippen molar-refractivity contribution in [1.82, 2.24) is 19.8 Å². The van der Waals surface area contributed by atoms with Gasteiger partial charge in [-0.15, -0.1) is 15.3 Å². The van der Waals surface area contributed by atoms with Crippen molar-refractivity contribution in [3.05, 3.63) is 18.0 Å². The predicted molar refractivity (Wildman–Crippen MR) is 69.8 cm³/mol. The highest BCUT2D eigenvalue weighted by atomic mass is 19.4. The minimum absolute atomic E-state index is 0.0550. The third-order valence-corrected chi connectivity index (χ3v) is 3.79. The van der Waals surface area contributed by atoms with Crippen LogP contribution < -0.4 is 10.6 Å². The normalized spacial score (nSPS) is 21.2. The summed E-state index contributed by atoms with van der Waals surface area (Å²) >= 11 is 0. The lowest BCUT2D eigenvalue weighted by Crippen LogP contribution is -2.30. The average molecular weight is 300 g/mol. The zero-order valence-corrected chi connectivity index (χ0v) is 11.4. The van der Waals surface area contributed by atoms with Crippen LogP contribution in [0.15, 0.2) is 12.1 Å². The second-order valence-corrected chi connectivity index (χ2v) is 5.34. The molecule has 0 amide bonds. The van der Waals surface area contributed by atoms with Gasteiger partial charge in [0.25, 0.3) is 5.82 Å². The van der Waals surface area contributed by atoms with Gasteiger partial charge in [-0.3, -0.25) is 0 Å². The molecular formula is C12H15F3N6. The number of hydrogen-bond acceptors (Lipinski definition) is 5. The second-order valence-electron chi connectivity index (χ2n) is 5.34. The largest absolute Gasteiger partial charge is 0.453 e. The Morgan fingerprint density at radius 1 is 1.33 bits per heavy atom. The molecule has 1 aliphatic heterocycles. The van der Waals surface area contributed by atoms with Gasteiger partial charge < -0.3 is 10.6 Å². The van der Waals surface area contributed by atoms with Crippen LogP contribution in [0.1, 0.15) is 19.2 Å². The van der Waals surface area contributed by atoms with Crippen molar-refractivity contribution in [2.45, 2.75) is 25.6 Å². The summed E-state index contributed by atoms with van der Waals surface area (Å²) in [7, 11) is 0. The van der Waals surface area contributed by atoms with Gasteiger partial charge in [-0.1, -0.05) is 0 Å². The van der Waals surface area contributed by atoms with E-state index < -0.39 is 12.0 Å². The minimum atomic E-state index is -4.58. The van der Waals surface area contributed by atoms with Crippen LogP contribution in [0.3, 0.4) is 0 Å². The van der Waals surface area contributed by atoms with Crippen LogP contribution in [0, 0.1) is 5.92 Å². The monoisotopic (exact) mass is 300 g/mol. The van der Waals surface area contributed by atoms with Crippen molar-refractivity contribution in [1.29, 1.82) is 0 Å². The van der Waals surface area contributed by atoms with E-state index in [9.17, 15) is 13.2 Å². The molecular weight excluding hydrogens is 285 g/mol. The minimum Gasteiger partial charge on any atom is -0.355 e. The SMILES string of the molecule is CC(N)C1CCN(c2ccc3nnc(C(F)(F)F)n3n2)C1. The molecule has 2 aromatic rings. The summed E-state index contributed by atoms with van der Waals surface area (Å²) in [6.07, 6.45) is -3.67. The summed E-state index contributed by atoms with van der Waals surface area (Å²) in [6, 6.07) is 3.21. The van der Waals surface area contributed by atoms with Crippen molar-refractivity contribution in [3.8, 4) is 0 Å². The van der Waals surface area contributed by atoms with Gasteiger partial charge in [-0.05, 0) is 31.4 Å². The molecule has 0 aromatic carbocycles. The van der Waals surface area contributed by atoms with Gasteiger partial charge in [0.2, 0.25) is 0 Å². The van der Waals surface area contributed by atoms with Crippen LogP contribution in [-0.2, 0) is 6.18 Å². The van der Waals surface area contributed by atoms with Gasteiger partial charge in [0.15, 0.2) is 5.65 Å². The molecule has 0 spiro atoms. The van der Waals surface area contributed by atoms with Crippen LogP contribution in [-0.4, -0.2) is 38.9 Å². The van der Waals surface area contributed by atoms with Gasteiger partial charge in [0.05, 0.1) is 0 Å². The predicted octanol–water partition coefficient (Wildman–Crippen LogP) is 1.32. The summed E-state index contributed by atoms with van der Waals surface area (Å²) in [5.41, 5.74) is 5.95. The zero-order valence-electron chi connectivity index (χ0n) is 11.4. The van der Waals surface area contributed by atoms with Crippen LogP contribution in [0.25, 0.3) is 5.65 Å². The third-order valence-electron chi connectivity index (χ3n) is 3.79. The van der Waals surface area contributed by atoms with Gasteiger partial charge in [0, 0.05) is 19.1 Å². The first kappa shape index (κ1) is 14.1. The van der Waals surface area contributed by atoms with E-state index >= 15 is 0 Å². The summed E-state index contributed by atoms with van der Waals surface area (Å²) in [5, 5.41) is 10.7. The Morgan fingerprint density at radius 2 is 2.10 bits per heavy atom. The highest BCUT2D eigenvalue weighted by molar-refractivity contribution is 5.46. The van der Waals surface area contributed by atoms with Crippen molar-refractivity contribution < 1.29 is 13.2 Å². The van der Waals surface area contributed by atoms with Crippen LogP contribution in [0.5, 0.6) is 0 Å². The Labute approximate surface area is 118 Å². The maximum atomic E-state index is 12.8. The summed E-state index contributed by atoms with van der Waals surface area (Å²) in [4.78, 5) is 1.94. The number of alkyl halides is 3. The molecule has 2 N–H and O–H groups in total. The van der Waals surface area contributed by atoms with Crippen LogP contribution >= 0.6 is 0 Å². The molecule has 9 heteroatoms. The first-order valence-electron chi connectivity index (χ1n) is 6.66. The van der Waals surface area contributed by atoms with Gasteiger partial charge in [-0.25, -0.2) is 0 Å². The van der Waals surface area contributed by atoms with E-state index in [1.165, 1.54) is 6.07 Å². The highest BCUT2D eigenvalue weighted by Crippen LogP contribution is 2.29. The molecule has 1 saturated heterocycles. The van der Waals surface area contributed by atoms with Gasteiger partial charge in [0.1, 0.15) is 5.82 Å². The fourth-order valence-corrected chi connectivity index (χ4v) is 2.55. The average Bonchev–Trinajstić information content (AvgIpc) is 3.04. The molecule has 0 bridgehead atoms. The molecule has 3 rings (SSSR count). The molecule has 2 aromatic heterocycles. The van der Waals surface area contributed by atoms with Gasteiger partial charge in [-0.2, -0.15) is 17.7 Å². The number of rotatable bonds is 2. The number of halogens is 3. The molecule has 21 heavy (non-hydrogen) atoms. The molecule has 2 atom stereocenters. The lowest BCUT2D eigenvalue weighted by Gasteiger charge is -2.19. The van der Waals surface area contributed by atoms with Crippen molar-refractivity contribution in [2.24, 2.45) is 11.7 Å². The van der Waals surface area contributed by atoms with Crippen LogP contribution in [0.4, 0.5) is 19.0 Å². The molecule has 1 aliphatic rings. The molecule has 6 nitrogen and oxygen atoms in total. The first-order chi connectivity index (χ1) is 9.86. The van der Waals surface area contributed by atoms with E-state index in [0.717, 1.165) is 17.5 Å². The van der Waals surface area contributed by atoms with Crippen molar-refractivity contribution >= 4 is 11.5 Å². The van der Waals surface area contributed by atoms with E-state index in [2.05, 4.69) is 15.3 Å². The topological polar surface area (TPSA) is 72.3 Å². The maximum Gasteiger partial charge on any atom is 0.453 e. The highest BCUT2D eigenvalue weighted by Gasteiger charge is 2.38. The van der Waals surface area contributed by atoms with E-state index in [4.69, 9.17) is 5.73 Å². The van der Waals surface area contributed by atoms with E-state index in [0.29, 0.717) is 18.3 Å². The Hall–Kier alpha value is -1.90. The lowest BCUT2D eigenvalue weighted by atomic mass is 10.0. The lowest BCUT2D eigenvalue weighted by molar-refractivity contribution is -0.146. The fourth-order valence-electron chi connectivity index (χ4n) is 2.55. The summed E-state index contributed by atoms with van der Waals surface area (Å²) in [5.74, 6) is -0.302. The smallest absolute Gasteiger partial charge is 0.355 e. The number of aromatic nitrogens is 4. The molecule has 114 valence electrons. The Balaban J connectivity index is 1.94. The standard InChI is InChI=1S/C12H15F3N6/c1-7(16)8-4-5-20(6-8)10-3-2-9-17-18-11(12(13,14)15)21(9)19-10/h2-3,7-8H,4-6,16H2,1H3. The zero-order chi connectivity index (χ0) is 15.2. The first-order valence-corrected chi connectivity index (χ1v) is 6.66. The number of hydrogen-bond donors (Lipinski definition) is 1. The van der Waals surface area contributed by atoms with Crippen molar-refractivity contribution in [3.63, 3.8) is 0 Å². The fraction of sp³-hybridized carbons (Fsp3) is 0.583. The number of fused-ring (bicyclic) bond motifs is 1. The molecule has 0 radical (unpaired) electrons. The number of nitrogens with two attached hydrogens (primary N) is 1. The number of nitrogens with zero attached hydrogens (tertiary/aromatic N) is 5. The molecule has 3 heterocycles. The maximum absolute atomic E-state index is 12.8. The summed E-state index contributed by atoms with van der Waals surface area (Å²) in [6.45, 7) is 3.36. The quantitative estimate of drug-likeness (QED) is 0.905.